The molecule has 1 aromatic heterocycles. The van der Waals surface area contributed by atoms with Crippen molar-refractivity contribution in [3.05, 3.63) is 23.9 Å². The summed E-state index contributed by atoms with van der Waals surface area (Å²) in [7, 11) is 2.18. The lowest BCUT2D eigenvalue weighted by Gasteiger charge is -2.25. The second kappa shape index (κ2) is 6.19. The third kappa shape index (κ3) is 3.45. The Balaban J connectivity index is 2.01. The molecule has 3 nitrogen and oxygen atoms in total. The van der Waals surface area contributed by atoms with Gasteiger partial charge in [-0.05, 0) is 30.5 Å². The van der Waals surface area contributed by atoms with E-state index in [-0.39, 0.29) is 0 Å². The largest absolute Gasteiger partial charge is 0.357 e. The summed E-state index contributed by atoms with van der Waals surface area (Å²) in [4.78, 5) is 6.86. The highest BCUT2D eigenvalue weighted by molar-refractivity contribution is 5.41. The molecule has 0 spiro atoms. The second-order valence-corrected chi connectivity index (χ2v) is 5.61. The van der Waals surface area contributed by atoms with Gasteiger partial charge in [0, 0.05) is 31.9 Å². The summed E-state index contributed by atoms with van der Waals surface area (Å²) >= 11 is 0. The number of rotatable bonds is 5. The standard InChI is InChI=1S/C15H25N3/c1-12(2)17-11-13-8-9-16-15(10-13)18(3)14-6-4-5-7-14/h8-10,12,14,17H,4-7,11H2,1-3H3. The Kier molecular flexibility index (Phi) is 4.59. The van der Waals surface area contributed by atoms with Crippen molar-refractivity contribution in [2.45, 2.75) is 58.2 Å². The first kappa shape index (κ1) is 13.3. The summed E-state index contributed by atoms with van der Waals surface area (Å²) in [6, 6.07) is 5.52. The van der Waals surface area contributed by atoms with Gasteiger partial charge in [0.15, 0.2) is 0 Å². The maximum atomic E-state index is 4.51. The predicted molar refractivity (Wildman–Crippen MR) is 76.9 cm³/mol. The van der Waals surface area contributed by atoms with Crippen molar-refractivity contribution in [2.24, 2.45) is 0 Å². The third-order valence-electron chi connectivity index (χ3n) is 3.76. The van der Waals surface area contributed by atoms with Crippen LogP contribution in [0.5, 0.6) is 0 Å². The average molecular weight is 247 g/mol. The molecule has 2 rings (SSSR count). The number of nitrogens with one attached hydrogen (secondary N) is 1. The van der Waals surface area contributed by atoms with E-state index in [0.717, 1.165) is 12.4 Å². The van der Waals surface area contributed by atoms with Gasteiger partial charge in [-0.1, -0.05) is 26.7 Å². The molecule has 1 saturated carbocycles. The summed E-state index contributed by atoms with van der Waals surface area (Å²) < 4.78 is 0. The summed E-state index contributed by atoms with van der Waals surface area (Å²) in [5.74, 6) is 1.12. The van der Waals surface area contributed by atoms with Crippen molar-refractivity contribution in [3.8, 4) is 0 Å². The van der Waals surface area contributed by atoms with Crippen LogP contribution >= 0.6 is 0 Å². The average Bonchev–Trinajstić information content (AvgIpc) is 2.89. The van der Waals surface area contributed by atoms with Gasteiger partial charge in [0.05, 0.1) is 0 Å². The lowest BCUT2D eigenvalue weighted by atomic mass is 10.2. The van der Waals surface area contributed by atoms with Gasteiger partial charge >= 0.3 is 0 Å². The van der Waals surface area contributed by atoms with Crippen LogP contribution in [0.3, 0.4) is 0 Å². The van der Waals surface area contributed by atoms with Crippen molar-refractivity contribution in [1.29, 1.82) is 0 Å². The van der Waals surface area contributed by atoms with E-state index in [9.17, 15) is 0 Å². The fraction of sp³-hybridized carbons (Fsp3) is 0.667. The van der Waals surface area contributed by atoms with Crippen LogP contribution in [0.2, 0.25) is 0 Å². The Morgan fingerprint density at radius 3 is 2.78 bits per heavy atom. The number of aromatic nitrogens is 1. The molecule has 0 bridgehead atoms. The fourth-order valence-corrected chi connectivity index (χ4v) is 2.56. The van der Waals surface area contributed by atoms with Gasteiger partial charge < -0.3 is 10.2 Å². The number of pyridine rings is 1. The summed E-state index contributed by atoms with van der Waals surface area (Å²) in [5, 5.41) is 3.45. The Hall–Kier alpha value is -1.09. The monoisotopic (exact) mass is 247 g/mol. The highest BCUT2D eigenvalue weighted by Crippen LogP contribution is 2.26. The molecule has 3 heteroatoms. The van der Waals surface area contributed by atoms with Crippen LogP contribution in [-0.4, -0.2) is 24.1 Å². The zero-order valence-corrected chi connectivity index (χ0v) is 11.8. The quantitative estimate of drug-likeness (QED) is 0.867. The second-order valence-electron chi connectivity index (χ2n) is 5.61. The Labute approximate surface area is 111 Å². The van der Waals surface area contributed by atoms with Crippen molar-refractivity contribution < 1.29 is 0 Å². The van der Waals surface area contributed by atoms with Crippen molar-refractivity contribution in [3.63, 3.8) is 0 Å². The molecule has 100 valence electrons. The maximum absolute atomic E-state index is 4.51. The molecule has 18 heavy (non-hydrogen) atoms. The highest BCUT2D eigenvalue weighted by atomic mass is 15.2. The molecule has 0 unspecified atom stereocenters. The highest BCUT2D eigenvalue weighted by Gasteiger charge is 2.20. The maximum Gasteiger partial charge on any atom is 0.128 e. The first-order valence-electron chi connectivity index (χ1n) is 7.08. The molecule has 1 aromatic rings. The fourth-order valence-electron chi connectivity index (χ4n) is 2.56. The van der Waals surface area contributed by atoms with Crippen LogP contribution in [0.25, 0.3) is 0 Å². The van der Waals surface area contributed by atoms with E-state index >= 15 is 0 Å². The summed E-state index contributed by atoms with van der Waals surface area (Å²) in [6.07, 6.45) is 7.28. The van der Waals surface area contributed by atoms with E-state index in [4.69, 9.17) is 0 Å². The topological polar surface area (TPSA) is 28.2 Å². The Morgan fingerprint density at radius 1 is 1.39 bits per heavy atom. The van der Waals surface area contributed by atoms with Crippen molar-refractivity contribution in [1.82, 2.24) is 10.3 Å². The van der Waals surface area contributed by atoms with Crippen molar-refractivity contribution in [2.75, 3.05) is 11.9 Å². The molecule has 0 amide bonds. The number of anilines is 1. The molecule has 0 aromatic carbocycles. The molecule has 0 radical (unpaired) electrons. The molecular weight excluding hydrogens is 222 g/mol. The lowest BCUT2D eigenvalue weighted by Crippen LogP contribution is -2.29. The van der Waals surface area contributed by atoms with E-state index in [1.807, 2.05) is 6.20 Å². The molecule has 1 aliphatic rings. The SMILES string of the molecule is CC(C)NCc1ccnc(N(C)C2CCCC2)c1. The minimum absolute atomic E-state index is 0.522. The molecule has 1 heterocycles. The first-order chi connectivity index (χ1) is 8.66. The van der Waals surface area contributed by atoms with Crippen molar-refractivity contribution >= 4 is 5.82 Å². The molecule has 0 saturated heterocycles. The minimum Gasteiger partial charge on any atom is -0.357 e. The molecule has 0 aliphatic heterocycles. The smallest absolute Gasteiger partial charge is 0.128 e. The Bertz CT molecular complexity index is 370. The van der Waals surface area contributed by atoms with Crippen LogP contribution in [0.1, 0.15) is 45.1 Å². The van der Waals surface area contributed by atoms with Crippen LogP contribution in [-0.2, 0) is 6.54 Å². The van der Waals surface area contributed by atoms with Gasteiger partial charge in [-0.3, -0.25) is 0 Å². The van der Waals surface area contributed by atoms with Crippen LogP contribution in [0.15, 0.2) is 18.3 Å². The van der Waals surface area contributed by atoms with E-state index in [1.54, 1.807) is 0 Å². The molecule has 1 fully saturated rings. The number of hydrogen-bond acceptors (Lipinski definition) is 3. The number of hydrogen-bond donors (Lipinski definition) is 1. The van der Waals surface area contributed by atoms with Gasteiger partial charge in [0.25, 0.3) is 0 Å². The van der Waals surface area contributed by atoms with E-state index in [1.165, 1.54) is 31.2 Å². The molecule has 1 N–H and O–H groups in total. The first-order valence-corrected chi connectivity index (χ1v) is 7.08. The Morgan fingerprint density at radius 2 is 2.11 bits per heavy atom. The third-order valence-corrected chi connectivity index (χ3v) is 3.76. The van der Waals surface area contributed by atoms with Gasteiger partial charge in [0.1, 0.15) is 5.82 Å². The molecular formula is C15H25N3. The summed E-state index contributed by atoms with van der Waals surface area (Å²) in [5.41, 5.74) is 1.32. The van der Waals surface area contributed by atoms with Crippen LogP contribution in [0, 0.1) is 0 Å². The number of nitrogens with zero attached hydrogens (tertiary/aromatic N) is 2. The van der Waals surface area contributed by atoms with Gasteiger partial charge in [0.2, 0.25) is 0 Å². The van der Waals surface area contributed by atoms with Gasteiger partial charge in [-0.2, -0.15) is 0 Å². The zero-order valence-electron chi connectivity index (χ0n) is 11.8. The molecule has 1 aliphatic carbocycles. The van der Waals surface area contributed by atoms with Gasteiger partial charge in [-0.25, -0.2) is 4.98 Å². The summed E-state index contributed by atoms with van der Waals surface area (Å²) in [6.45, 7) is 5.27. The predicted octanol–water partition coefficient (Wildman–Crippen LogP) is 2.96. The zero-order chi connectivity index (χ0) is 13.0. The minimum atomic E-state index is 0.522. The van der Waals surface area contributed by atoms with E-state index in [0.29, 0.717) is 12.1 Å². The van der Waals surface area contributed by atoms with Crippen LogP contribution < -0.4 is 10.2 Å². The van der Waals surface area contributed by atoms with Gasteiger partial charge in [-0.15, -0.1) is 0 Å². The molecule has 0 atom stereocenters. The lowest BCUT2D eigenvalue weighted by molar-refractivity contribution is 0.587. The normalized spacial score (nSPS) is 16.4. The van der Waals surface area contributed by atoms with E-state index < -0.39 is 0 Å². The van der Waals surface area contributed by atoms with Crippen LogP contribution in [0.4, 0.5) is 5.82 Å². The van der Waals surface area contributed by atoms with E-state index in [2.05, 4.69) is 48.2 Å².